The first-order valence-electron chi connectivity index (χ1n) is 11.2. The summed E-state index contributed by atoms with van der Waals surface area (Å²) in [4.78, 5) is 15.4. The van der Waals surface area contributed by atoms with E-state index >= 15 is 0 Å². The van der Waals surface area contributed by atoms with Gasteiger partial charge in [0, 0.05) is 17.8 Å². The van der Waals surface area contributed by atoms with Crippen molar-refractivity contribution in [3.05, 3.63) is 95.6 Å². The van der Waals surface area contributed by atoms with E-state index in [9.17, 15) is 4.79 Å². The van der Waals surface area contributed by atoms with Crippen LogP contribution in [-0.4, -0.2) is 24.0 Å². The van der Waals surface area contributed by atoms with Crippen molar-refractivity contribution in [2.45, 2.75) is 38.8 Å². The van der Waals surface area contributed by atoms with Crippen molar-refractivity contribution >= 4 is 11.6 Å². The van der Waals surface area contributed by atoms with Gasteiger partial charge in [-0.25, -0.2) is 0 Å². The van der Waals surface area contributed by atoms with Crippen molar-refractivity contribution in [3.63, 3.8) is 0 Å². The Bertz CT molecular complexity index is 1000. The zero-order valence-corrected chi connectivity index (χ0v) is 18.1. The third-order valence-corrected chi connectivity index (χ3v) is 5.73. The van der Waals surface area contributed by atoms with E-state index in [1.165, 1.54) is 5.56 Å². The summed E-state index contributed by atoms with van der Waals surface area (Å²) in [6, 6.07) is 26.1. The van der Waals surface area contributed by atoms with E-state index in [1.807, 2.05) is 65.6 Å². The zero-order chi connectivity index (χ0) is 21.5. The van der Waals surface area contributed by atoms with Crippen LogP contribution in [0.4, 0.5) is 5.69 Å². The molecule has 1 N–H and O–H groups in total. The van der Waals surface area contributed by atoms with E-state index in [0.29, 0.717) is 18.7 Å². The molecule has 1 aliphatic rings. The Morgan fingerprint density at radius 2 is 1.65 bits per heavy atom. The van der Waals surface area contributed by atoms with E-state index < -0.39 is 0 Å². The lowest BCUT2D eigenvalue weighted by molar-refractivity contribution is 0.0683. The summed E-state index contributed by atoms with van der Waals surface area (Å²) < 4.78 is 6.15. The van der Waals surface area contributed by atoms with Crippen LogP contribution in [0.2, 0.25) is 0 Å². The third-order valence-electron chi connectivity index (χ3n) is 5.73. The number of para-hydroxylation sites is 2. The Hall–Kier alpha value is -3.27. The number of ether oxygens (including phenoxy) is 1. The quantitative estimate of drug-likeness (QED) is 0.432. The van der Waals surface area contributed by atoms with Crippen molar-refractivity contribution < 1.29 is 9.53 Å². The van der Waals surface area contributed by atoms with Gasteiger partial charge in [0.2, 0.25) is 0 Å². The number of fused-ring (bicyclic) bond motifs is 1. The average molecular weight is 415 g/mol. The molecule has 3 aromatic carbocycles. The molecular formula is C27H30N2O2. The zero-order valence-electron chi connectivity index (χ0n) is 18.1. The van der Waals surface area contributed by atoms with E-state index in [2.05, 4.69) is 30.4 Å². The predicted molar refractivity (Wildman–Crippen MR) is 125 cm³/mol. The maximum Gasteiger partial charge on any atom is 0.257 e. The summed E-state index contributed by atoms with van der Waals surface area (Å²) in [6.07, 6.45) is 3.87. The van der Waals surface area contributed by atoms with Crippen molar-refractivity contribution in [2.75, 3.05) is 18.5 Å². The van der Waals surface area contributed by atoms with Crippen LogP contribution >= 0.6 is 0 Å². The van der Waals surface area contributed by atoms with Gasteiger partial charge in [-0.2, -0.15) is 0 Å². The van der Waals surface area contributed by atoms with Gasteiger partial charge in [-0.3, -0.25) is 4.79 Å². The number of hydrogen-bond acceptors (Lipinski definition) is 3. The largest absolute Gasteiger partial charge is 0.493 e. The lowest BCUT2D eigenvalue weighted by Gasteiger charge is -2.38. The van der Waals surface area contributed by atoms with Crippen LogP contribution in [-0.2, 0) is 6.42 Å². The topological polar surface area (TPSA) is 41.6 Å². The molecular weight excluding hydrogens is 384 g/mol. The lowest BCUT2D eigenvalue weighted by atomic mass is 10.0. The predicted octanol–water partition coefficient (Wildman–Crippen LogP) is 6.06. The number of amides is 1. The Morgan fingerprint density at radius 1 is 0.903 bits per heavy atom. The van der Waals surface area contributed by atoms with E-state index in [4.69, 9.17) is 4.74 Å². The lowest BCUT2D eigenvalue weighted by Crippen LogP contribution is -2.44. The molecule has 4 nitrogen and oxygen atoms in total. The highest BCUT2D eigenvalue weighted by molar-refractivity contribution is 6.01. The molecule has 31 heavy (non-hydrogen) atoms. The van der Waals surface area contributed by atoms with Crippen molar-refractivity contribution in [1.29, 1.82) is 0 Å². The maximum atomic E-state index is 13.5. The van der Waals surface area contributed by atoms with Gasteiger partial charge < -0.3 is 15.0 Å². The van der Waals surface area contributed by atoms with Crippen LogP contribution in [0.1, 0.15) is 53.8 Å². The second-order valence-electron chi connectivity index (χ2n) is 7.92. The normalized spacial score (nSPS) is 15.3. The van der Waals surface area contributed by atoms with Gasteiger partial charge >= 0.3 is 0 Å². The fraction of sp³-hybridized carbons (Fsp3) is 0.296. The van der Waals surface area contributed by atoms with E-state index in [1.54, 1.807) is 0 Å². The number of benzene rings is 3. The molecule has 1 unspecified atom stereocenters. The minimum absolute atomic E-state index is 0.0519. The van der Waals surface area contributed by atoms with Crippen LogP contribution < -0.4 is 10.1 Å². The summed E-state index contributed by atoms with van der Waals surface area (Å²) >= 11 is 0. The van der Waals surface area contributed by atoms with Crippen LogP contribution in [0, 0.1) is 0 Å². The van der Waals surface area contributed by atoms with E-state index in [0.717, 1.165) is 42.7 Å². The highest BCUT2D eigenvalue weighted by Gasteiger charge is 2.34. The summed E-state index contributed by atoms with van der Waals surface area (Å²) in [7, 11) is 0. The highest BCUT2D eigenvalue weighted by atomic mass is 16.5. The second kappa shape index (κ2) is 10.2. The first kappa shape index (κ1) is 21.0. The van der Waals surface area contributed by atoms with Crippen molar-refractivity contribution in [1.82, 2.24) is 4.90 Å². The molecule has 0 radical (unpaired) electrons. The SMILES string of the molecule is CCCCCOc1ccccc1C1Nc2ccccc2C(=O)N1CCc1ccccc1. The first-order chi connectivity index (χ1) is 15.3. The standard InChI is InChI=1S/C27H30N2O2/c1-2-3-11-20-31-25-17-10-8-15-23(25)26-28-24-16-9-7-14-22(24)27(30)29(26)19-18-21-12-5-4-6-13-21/h4-10,12-17,26,28H,2-3,11,18-20H2,1H3. The fourth-order valence-electron chi connectivity index (χ4n) is 4.04. The number of rotatable bonds is 9. The van der Waals surface area contributed by atoms with Gasteiger partial charge in [0.15, 0.2) is 0 Å². The molecule has 4 heteroatoms. The summed E-state index contributed by atoms with van der Waals surface area (Å²) in [5.74, 6) is 0.893. The van der Waals surface area contributed by atoms with Crippen molar-refractivity contribution in [2.24, 2.45) is 0 Å². The Labute approximate surface area is 184 Å². The number of carbonyl (C=O) groups excluding carboxylic acids is 1. The van der Waals surface area contributed by atoms with Crippen LogP contribution in [0.25, 0.3) is 0 Å². The molecule has 0 bridgehead atoms. The minimum atomic E-state index is -0.270. The number of carbonyl (C=O) groups is 1. The summed E-state index contributed by atoms with van der Waals surface area (Å²) in [5, 5.41) is 3.60. The molecule has 1 heterocycles. The second-order valence-corrected chi connectivity index (χ2v) is 7.92. The fourth-order valence-corrected chi connectivity index (χ4v) is 4.04. The Kier molecular flexibility index (Phi) is 6.88. The van der Waals surface area contributed by atoms with Crippen LogP contribution in [0.15, 0.2) is 78.9 Å². The van der Waals surface area contributed by atoms with Crippen LogP contribution in [0.3, 0.4) is 0 Å². The van der Waals surface area contributed by atoms with Gasteiger partial charge in [0.1, 0.15) is 11.9 Å². The molecule has 0 aliphatic carbocycles. The maximum absolute atomic E-state index is 13.5. The summed E-state index contributed by atoms with van der Waals surface area (Å²) in [6.45, 7) is 3.50. The number of unbranched alkanes of at least 4 members (excludes halogenated alkanes) is 2. The monoisotopic (exact) mass is 414 g/mol. The minimum Gasteiger partial charge on any atom is -0.493 e. The van der Waals surface area contributed by atoms with Gasteiger partial charge in [0.25, 0.3) is 5.91 Å². The molecule has 1 atom stereocenters. The van der Waals surface area contributed by atoms with E-state index in [-0.39, 0.29) is 12.1 Å². The highest BCUT2D eigenvalue weighted by Crippen LogP contribution is 2.36. The Balaban J connectivity index is 1.63. The Morgan fingerprint density at radius 3 is 2.48 bits per heavy atom. The number of anilines is 1. The molecule has 4 rings (SSSR count). The molecule has 0 saturated carbocycles. The van der Waals surface area contributed by atoms with Crippen molar-refractivity contribution in [3.8, 4) is 5.75 Å². The van der Waals surface area contributed by atoms with Gasteiger partial charge in [-0.1, -0.05) is 80.4 Å². The molecule has 0 fully saturated rings. The summed E-state index contributed by atoms with van der Waals surface area (Å²) in [5.41, 5.74) is 3.80. The molecule has 0 aromatic heterocycles. The molecule has 160 valence electrons. The molecule has 1 amide bonds. The molecule has 3 aromatic rings. The molecule has 0 saturated heterocycles. The number of nitrogens with zero attached hydrogens (tertiary/aromatic N) is 1. The third kappa shape index (κ3) is 4.91. The number of nitrogens with one attached hydrogen (secondary N) is 1. The smallest absolute Gasteiger partial charge is 0.257 e. The average Bonchev–Trinajstić information content (AvgIpc) is 2.82. The number of hydrogen-bond donors (Lipinski definition) is 1. The van der Waals surface area contributed by atoms with Gasteiger partial charge in [0.05, 0.1) is 12.2 Å². The van der Waals surface area contributed by atoms with Gasteiger partial charge in [-0.15, -0.1) is 0 Å². The molecule has 0 spiro atoms. The van der Waals surface area contributed by atoms with Gasteiger partial charge in [-0.05, 0) is 36.6 Å². The van der Waals surface area contributed by atoms with Crippen LogP contribution in [0.5, 0.6) is 5.75 Å². The first-order valence-corrected chi connectivity index (χ1v) is 11.2. The molecule has 1 aliphatic heterocycles.